The highest BCUT2D eigenvalue weighted by atomic mass is 35.5. The molecular formula is C23H28Cl3N3O4S. The van der Waals surface area contributed by atoms with E-state index in [4.69, 9.17) is 34.8 Å². The predicted molar refractivity (Wildman–Crippen MR) is 138 cm³/mol. The number of carbonyl (C=O) groups is 2. The molecule has 0 fully saturated rings. The summed E-state index contributed by atoms with van der Waals surface area (Å²) in [6.45, 7) is 4.74. The van der Waals surface area contributed by atoms with Crippen LogP contribution in [0, 0.1) is 0 Å². The van der Waals surface area contributed by atoms with E-state index in [0.29, 0.717) is 15.6 Å². The zero-order valence-electron chi connectivity index (χ0n) is 19.4. The molecule has 0 saturated carbocycles. The third-order valence-electron chi connectivity index (χ3n) is 5.01. The Labute approximate surface area is 216 Å². The summed E-state index contributed by atoms with van der Waals surface area (Å²) in [7, 11) is -3.88. The van der Waals surface area contributed by atoms with Gasteiger partial charge in [0.1, 0.15) is 12.6 Å². The van der Waals surface area contributed by atoms with Gasteiger partial charge in [-0.2, -0.15) is 0 Å². The lowest BCUT2D eigenvalue weighted by atomic mass is 10.1. The maximum Gasteiger partial charge on any atom is 0.244 e. The minimum Gasteiger partial charge on any atom is -0.352 e. The number of para-hydroxylation sites is 1. The summed E-state index contributed by atoms with van der Waals surface area (Å²) in [5.74, 6) is -0.968. The van der Waals surface area contributed by atoms with Crippen LogP contribution < -0.4 is 9.62 Å². The predicted octanol–water partition coefficient (Wildman–Crippen LogP) is 4.74. The molecule has 0 radical (unpaired) electrons. The van der Waals surface area contributed by atoms with Crippen LogP contribution in [0.3, 0.4) is 0 Å². The SMILES string of the molecule is CC[C@@H](C(=O)NC(C)C)N(Cc1c(Cl)cccc1Cl)C(=O)CN(c1ccccc1Cl)S(C)(=O)=O. The van der Waals surface area contributed by atoms with Gasteiger partial charge in [0.25, 0.3) is 0 Å². The Balaban J connectivity index is 2.52. The fraction of sp³-hybridized carbons (Fsp3) is 0.391. The maximum atomic E-state index is 13.6. The van der Waals surface area contributed by atoms with Crippen LogP contribution in [0.25, 0.3) is 0 Å². The van der Waals surface area contributed by atoms with Gasteiger partial charge in [0.05, 0.1) is 17.0 Å². The monoisotopic (exact) mass is 547 g/mol. The quantitative estimate of drug-likeness (QED) is 0.464. The molecular weight excluding hydrogens is 521 g/mol. The highest BCUT2D eigenvalue weighted by molar-refractivity contribution is 7.92. The average molecular weight is 549 g/mol. The van der Waals surface area contributed by atoms with Gasteiger partial charge in [-0.15, -0.1) is 0 Å². The van der Waals surface area contributed by atoms with Crippen molar-refractivity contribution in [1.82, 2.24) is 10.2 Å². The van der Waals surface area contributed by atoms with Gasteiger partial charge >= 0.3 is 0 Å². The summed E-state index contributed by atoms with van der Waals surface area (Å²) in [5, 5.41) is 3.65. The van der Waals surface area contributed by atoms with Gasteiger partial charge in [0.2, 0.25) is 21.8 Å². The number of benzene rings is 2. The molecule has 186 valence electrons. The maximum absolute atomic E-state index is 13.6. The normalized spacial score (nSPS) is 12.4. The van der Waals surface area contributed by atoms with Crippen LogP contribution in [0.2, 0.25) is 15.1 Å². The fourth-order valence-corrected chi connectivity index (χ4v) is 5.07. The zero-order chi connectivity index (χ0) is 25.6. The molecule has 7 nitrogen and oxygen atoms in total. The van der Waals surface area contributed by atoms with E-state index < -0.39 is 28.5 Å². The fourth-order valence-electron chi connectivity index (χ4n) is 3.40. The smallest absolute Gasteiger partial charge is 0.244 e. The number of halogens is 3. The summed E-state index contributed by atoms with van der Waals surface area (Å²) in [6.07, 6.45) is 1.28. The summed E-state index contributed by atoms with van der Waals surface area (Å²) in [5.41, 5.74) is 0.619. The van der Waals surface area contributed by atoms with E-state index in [1.165, 1.54) is 17.0 Å². The molecule has 1 atom stereocenters. The van der Waals surface area contributed by atoms with Crippen LogP contribution in [0.15, 0.2) is 42.5 Å². The second-order valence-electron chi connectivity index (χ2n) is 8.03. The number of hydrogen-bond acceptors (Lipinski definition) is 4. The van der Waals surface area contributed by atoms with Crippen molar-refractivity contribution in [2.45, 2.75) is 45.8 Å². The van der Waals surface area contributed by atoms with Crippen molar-refractivity contribution in [2.24, 2.45) is 0 Å². The zero-order valence-corrected chi connectivity index (χ0v) is 22.5. The molecule has 2 amide bonds. The van der Waals surface area contributed by atoms with E-state index in [1.807, 2.05) is 13.8 Å². The average Bonchev–Trinajstić information content (AvgIpc) is 2.73. The van der Waals surface area contributed by atoms with Crippen LogP contribution in [0.1, 0.15) is 32.8 Å². The first-order valence-corrected chi connectivity index (χ1v) is 13.6. The molecule has 1 N–H and O–H groups in total. The van der Waals surface area contributed by atoms with E-state index >= 15 is 0 Å². The topological polar surface area (TPSA) is 86.8 Å². The molecule has 0 unspecified atom stereocenters. The van der Waals surface area contributed by atoms with Crippen molar-refractivity contribution in [1.29, 1.82) is 0 Å². The largest absolute Gasteiger partial charge is 0.352 e. The van der Waals surface area contributed by atoms with Gasteiger partial charge in [-0.25, -0.2) is 8.42 Å². The summed E-state index contributed by atoms with van der Waals surface area (Å²) in [6, 6.07) is 10.2. The third kappa shape index (κ3) is 7.25. The molecule has 0 spiro atoms. The highest BCUT2D eigenvalue weighted by Gasteiger charge is 2.33. The van der Waals surface area contributed by atoms with E-state index in [1.54, 1.807) is 37.3 Å². The Bertz CT molecular complexity index is 1120. The summed E-state index contributed by atoms with van der Waals surface area (Å²) < 4.78 is 26.1. The van der Waals surface area contributed by atoms with Crippen molar-refractivity contribution in [3.8, 4) is 0 Å². The molecule has 0 heterocycles. The van der Waals surface area contributed by atoms with Crippen LogP contribution >= 0.6 is 34.8 Å². The Morgan fingerprint density at radius 1 is 0.971 bits per heavy atom. The minimum absolute atomic E-state index is 0.0819. The third-order valence-corrected chi connectivity index (χ3v) is 7.16. The van der Waals surface area contributed by atoms with Gasteiger partial charge in [-0.3, -0.25) is 13.9 Å². The first-order chi connectivity index (χ1) is 15.9. The van der Waals surface area contributed by atoms with Gasteiger partial charge in [0.15, 0.2) is 0 Å². The van der Waals surface area contributed by atoms with Crippen molar-refractivity contribution >= 4 is 62.3 Å². The summed E-state index contributed by atoms with van der Waals surface area (Å²) in [4.78, 5) is 27.9. The van der Waals surface area contributed by atoms with Crippen molar-refractivity contribution in [2.75, 3.05) is 17.1 Å². The minimum atomic E-state index is -3.88. The van der Waals surface area contributed by atoms with E-state index in [0.717, 1.165) is 10.6 Å². The van der Waals surface area contributed by atoms with Gasteiger partial charge in [0, 0.05) is 28.2 Å². The van der Waals surface area contributed by atoms with Crippen molar-refractivity contribution < 1.29 is 18.0 Å². The number of nitrogens with zero attached hydrogens (tertiary/aromatic N) is 2. The van der Waals surface area contributed by atoms with Gasteiger partial charge in [-0.1, -0.05) is 59.9 Å². The van der Waals surface area contributed by atoms with Crippen molar-refractivity contribution in [3.63, 3.8) is 0 Å². The number of rotatable bonds is 10. The molecule has 0 aliphatic carbocycles. The number of carbonyl (C=O) groups excluding carboxylic acids is 2. The highest BCUT2D eigenvalue weighted by Crippen LogP contribution is 2.29. The molecule has 2 rings (SSSR count). The number of amides is 2. The van der Waals surface area contributed by atoms with Crippen LogP contribution in [-0.2, 0) is 26.2 Å². The van der Waals surface area contributed by atoms with Crippen molar-refractivity contribution in [3.05, 3.63) is 63.1 Å². The first kappa shape index (κ1) is 28.2. The van der Waals surface area contributed by atoms with Gasteiger partial charge < -0.3 is 10.2 Å². The molecule has 11 heteroatoms. The van der Waals surface area contributed by atoms with Crippen LogP contribution in [0.5, 0.6) is 0 Å². The molecule has 0 aromatic heterocycles. The Hall–Kier alpha value is -2.00. The second-order valence-corrected chi connectivity index (χ2v) is 11.2. The lowest BCUT2D eigenvalue weighted by Gasteiger charge is -2.33. The molecule has 2 aromatic rings. The second kappa shape index (κ2) is 12.1. The van der Waals surface area contributed by atoms with E-state index in [9.17, 15) is 18.0 Å². The molecule has 0 saturated heterocycles. The number of sulfonamides is 1. The molecule has 0 aliphatic heterocycles. The van der Waals surface area contributed by atoms with Crippen LogP contribution in [0.4, 0.5) is 5.69 Å². The standard InChI is InChI=1S/C23H28Cl3N3O4S/c1-5-20(23(31)27-15(2)3)28(13-16-17(24)10-8-11-18(16)25)22(30)14-29(34(4,32)33)21-12-7-6-9-19(21)26/h6-12,15,20H,5,13-14H2,1-4H3,(H,27,31)/t20-/m0/s1. The van der Waals surface area contributed by atoms with Gasteiger partial charge in [-0.05, 0) is 44.5 Å². The first-order valence-electron chi connectivity index (χ1n) is 10.6. The Morgan fingerprint density at radius 3 is 2.03 bits per heavy atom. The lowest BCUT2D eigenvalue weighted by Crippen LogP contribution is -2.53. The lowest BCUT2D eigenvalue weighted by molar-refractivity contribution is -0.140. The molecule has 0 bridgehead atoms. The molecule has 2 aromatic carbocycles. The number of hydrogen-bond donors (Lipinski definition) is 1. The summed E-state index contributed by atoms with van der Waals surface area (Å²) >= 11 is 18.9. The van der Waals surface area contributed by atoms with Crippen LogP contribution in [-0.4, -0.2) is 50.0 Å². The Morgan fingerprint density at radius 2 is 1.53 bits per heavy atom. The van der Waals surface area contributed by atoms with E-state index in [2.05, 4.69) is 5.32 Å². The molecule has 34 heavy (non-hydrogen) atoms. The number of nitrogens with one attached hydrogen (secondary N) is 1. The Kier molecular flexibility index (Phi) is 10.1. The number of anilines is 1. The van der Waals surface area contributed by atoms with E-state index in [-0.39, 0.29) is 35.6 Å². The molecule has 0 aliphatic rings.